The molecule has 0 radical (unpaired) electrons. The summed E-state index contributed by atoms with van der Waals surface area (Å²) >= 11 is 0. The molecule has 0 bridgehead atoms. The Hall–Kier alpha value is -2.46. The Balaban J connectivity index is 1.77. The van der Waals surface area contributed by atoms with Crippen LogP contribution in [-0.4, -0.2) is 49.6 Å². The number of anilines is 2. The van der Waals surface area contributed by atoms with Crippen molar-refractivity contribution < 1.29 is 19.0 Å². The highest BCUT2D eigenvalue weighted by molar-refractivity contribution is 5.82. The van der Waals surface area contributed by atoms with E-state index in [9.17, 15) is 4.79 Å². The van der Waals surface area contributed by atoms with E-state index in [2.05, 4.69) is 15.0 Å². The maximum atomic E-state index is 11.3. The van der Waals surface area contributed by atoms with E-state index in [-0.39, 0.29) is 42.4 Å². The molecule has 2 aliphatic rings. The first kappa shape index (κ1) is 17.9. The lowest BCUT2D eigenvalue weighted by Crippen LogP contribution is -2.41. The van der Waals surface area contributed by atoms with Crippen LogP contribution in [0.4, 0.5) is 11.8 Å². The quantitative estimate of drug-likeness (QED) is 0.751. The first-order chi connectivity index (χ1) is 12.6. The van der Waals surface area contributed by atoms with Crippen molar-refractivity contribution in [3.8, 4) is 0 Å². The van der Waals surface area contributed by atoms with Crippen molar-refractivity contribution in [1.29, 1.82) is 0 Å². The zero-order valence-corrected chi connectivity index (χ0v) is 15.8. The minimum Gasteiger partial charge on any atom is -0.465 e. The van der Waals surface area contributed by atoms with Crippen molar-refractivity contribution in [3.63, 3.8) is 0 Å². The van der Waals surface area contributed by atoms with Crippen LogP contribution >= 0.6 is 0 Å². The van der Waals surface area contributed by atoms with E-state index in [1.165, 1.54) is 6.92 Å². The lowest BCUT2D eigenvalue weighted by Gasteiger charge is -2.31. The number of rotatable bonds is 3. The predicted octanol–water partition coefficient (Wildman–Crippen LogP) is 1.03. The smallest absolute Gasteiger partial charge is 0.302 e. The average molecular weight is 376 g/mol. The zero-order valence-electron chi connectivity index (χ0n) is 15.8. The van der Waals surface area contributed by atoms with Crippen molar-refractivity contribution in [2.24, 2.45) is 5.92 Å². The van der Waals surface area contributed by atoms with Crippen LogP contribution in [0.15, 0.2) is 6.33 Å². The van der Waals surface area contributed by atoms with Gasteiger partial charge in [-0.05, 0) is 27.2 Å². The van der Waals surface area contributed by atoms with E-state index >= 15 is 0 Å². The lowest BCUT2D eigenvalue weighted by molar-refractivity contribution is -0.176. The molecule has 4 rings (SSSR count). The van der Waals surface area contributed by atoms with Gasteiger partial charge in [-0.1, -0.05) is 0 Å². The highest BCUT2D eigenvalue weighted by Gasteiger charge is 2.63. The molecule has 2 aromatic heterocycles. The number of imidazole rings is 1. The summed E-state index contributed by atoms with van der Waals surface area (Å²) in [5.74, 6) is -0.784. The van der Waals surface area contributed by atoms with Crippen molar-refractivity contribution in [3.05, 3.63) is 6.33 Å². The van der Waals surface area contributed by atoms with E-state index in [1.54, 1.807) is 6.33 Å². The number of ether oxygens (including phenoxy) is 3. The molecule has 2 fully saturated rings. The van der Waals surface area contributed by atoms with Gasteiger partial charge >= 0.3 is 5.97 Å². The Labute approximate surface area is 156 Å². The second-order valence-electron chi connectivity index (χ2n) is 7.83. The summed E-state index contributed by atoms with van der Waals surface area (Å²) in [5, 5.41) is 0. The van der Waals surface area contributed by atoms with E-state index in [1.807, 2.05) is 25.3 Å². The van der Waals surface area contributed by atoms with Crippen molar-refractivity contribution in [2.75, 3.05) is 18.1 Å². The summed E-state index contributed by atoms with van der Waals surface area (Å²) in [7, 11) is 0. The number of nitrogens with zero attached hydrogens (tertiary/aromatic N) is 4. The third-order valence-electron chi connectivity index (χ3n) is 5.36. The van der Waals surface area contributed by atoms with Crippen molar-refractivity contribution >= 4 is 28.9 Å². The Kier molecular flexibility index (Phi) is 3.83. The fraction of sp³-hybridized carbons (Fsp3) is 0.647. The van der Waals surface area contributed by atoms with E-state index in [0.29, 0.717) is 17.6 Å². The minimum absolute atomic E-state index is 0.0281. The molecule has 10 heteroatoms. The summed E-state index contributed by atoms with van der Waals surface area (Å²) in [6.07, 6.45) is 2.09. The number of carbonyl (C=O) groups excluding carboxylic acids is 1. The van der Waals surface area contributed by atoms with Gasteiger partial charge in [0.15, 0.2) is 17.3 Å². The number of hydrogen-bond donors (Lipinski definition) is 2. The molecule has 1 aliphatic carbocycles. The number of fused-ring (bicyclic) bond motifs is 2. The molecule has 1 saturated carbocycles. The third kappa shape index (κ3) is 2.79. The van der Waals surface area contributed by atoms with Gasteiger partial charge in [0.05, 0.1) is 25.1 Å². The average Bonchev–Trinajstić information content (AvgIpc) is 3.13. The van der Waals surface area contributed by atoms with E-state index in [0.717, 1.165) is 0 Å². The monoisotopic (exact) mass is 376 g/mol. The van der Waals surface area contributed by atoms with Gasteiger partial charge in [0.1, 0.15) is 11.1 Å². The molecule has 1 saturated heterocycles. The highest BCUT2D eigenvalue weighted by Crippen LogP contribution is 2.54. The van der Waals surface area contributed by atoms with Gasteiger partial charge in [0.25, 0.3) is 0 Å². The summed E-state index contributed by atoms with van der Waals surface area (Å²) < 4.78 is 19.7. The van der Waals surface area contributed by atoms with Crippen molar-refractivity contribution in [2.45, 2.75) is 57.6 Å². The van der Waals surface area contributed by atoms with Gasteiger partial charge in [-0.15, -0.1) is 0 Å². The Morgan fingerprint density at radius 2 is 2.11 bits per heavy atom. The van der Waals surface area contributed by atoms with Gasteiger partial charge in [-0.2, -0.15) is 9.97 Å². The molecule has 27 heavy (non-hydrogen) atoms. The summed E-state index contributed by atoms with van der Waals surface area (Å²) in [4.78, 5) is 24.0. The molecular weight excluding hydrogens is 352 g/mol. The molecule has 1 aliphatic heterocycles. The summed E-state index contributed by atoms with van der Waals surface area (Å²) in [5.41, 5.74) is 12.1. The van der Waals surface area contributed by atoms with Gasteiger partial charge < -0.3 is 30.2 Å². The lowest BCUT2D eigenvalue weighted by atomic mass is 9.96. The number of nitrogen functional groups attached to an aromatic ring is 2. The summed E-state index contributed by atoms with van der Waals surface area (Å²) in [6.45, 7) is 7.41. The first-order valence-corrected chi connectivity index (χ1v) is 8.87. The van der Waals surface area contributed by atoms with Crippen LogP contribution in [0.3, 0.4) is 0 Å². The fourth-order valence-electron chi connectivity index (χ4n) is 4.45. The first-order valence-electron chi connectivity index (χ1n) is 8.87. The third-order valence-corrected chi connectivity index (χ3v) is 5.36. The highest BCUT2D eigenvalue weighted by atomic mass is 16.8. The van der Waals surface area contributed by atoms with Gasteiger partial charge in [0.2, 0.25) is 5.95 Å². The zero-order chi connectivity index (χ0) is 19.6. The van der Waals surface area contributed by atoms with Crippen LogP contribution in [0.5, 0.6) is 0 Å². The second-order valence-corrected chi connectivity index (χ2v) is 7.83. The van der Waals surface area contributed by atoms with Crippen LogP contribution in [0.2, 0.25) is 0 Å². The molecule has 0 unspecified atom stereocenters. The second kappa shape index (κ2) is 5.77. The van der Waals surface area contributed by atoms with Crippen LogP contribution < -0.4 is 11.5 Å². The van der Waals surface area contributed by atoms with Crippen molar-refractivity contribution in [1.82, 2.24) is 19.5 Å². The number of esters is 1. The van der Waals surface area contributed by atoms with Gasteiger partial charge in [-0.25, -0.2) is 4.98 Å². The number of hydrogen-bond acceptors (Lipinski definition) is 9. The van der Waals surface area contributed by atoms with Gasteiger partial charge in [-0.3, -0.25) is 4.79 Å². The molecule has 2 aromatic rings. The molecular formula is C17H24N6O4. The predicted molar refractivity (Wildman–Crippen MR) is 96.4 cm³/mol. The molecule has 146 valence electrons. The molecule has 10 nitrogen and oxygen atoms in total. The Morgan fingerprint density at radius 1 is 1.37 bits per heavy atom. The number of aromatic nitrogens is 4. The molecule has 3 heterocycles. The number of nitrogens with two attached hydrogens (primary N) is 2. The largest absolute Gasteiger partial charge is 0.465 e. The maximum absolute atomic E-state index is 11.3. The molecule has 0 amide bonds. The SMILES string of the molecule is CC(=O)OC[C@H]1C[C@@H](n2cnc3c(N)nc(N)nc32)[C@]2(C)OC(C)(C)O[C@H]12. The van der Waals surface area contributed by atoms with Gasteiger partial charge in [0, 0.05) is 12.8 Å². The van der Waals surface area contributed by atoms with Crippen LogP contribution in [0, 0.1) is 5.92 Å². The van der Waals surface area contributed by atoms with Crippen LogP contribution in [-0.2, 0) is 19.0 Å². The molecule has 4 N–H and O–H groups in total. The summed E-state index contributed by atoms with van der Waals surface area (Å²) in [6, 6.07) is -0.150. The maximum Gasteiger partial charge on any atom is 0.302 e. The molecule has 0 spiro atoms. The Bertz CT molecular complexity index is 912. The van der Waals surface area contributed by atoms with E-state index in [4.69, 9.17) is 25.7 Å². The molecule has 0 aromatic carbocycles. The normalized spacial score (nSPS) is 31.9. The standard InChI is InChI=1S/C17H24N6O4/c1-8(24)25-6-9-5-10(17(4)12(9)26-16(2,3)27-17)23-7-20-11-13(18)21-15(19)22-14(11)23/h7,9-10,12H,5-6H2,1-4H3,(H4,18,19,21,22)/t9-,10-,12-,17+/m1/s1. The van der Waals surface area contributed by atoms with E-state index < -0.39 is 11.4 Å². The van der Waals surface area contributed by atoms with Crippen LogP contribution in [0.25, 0.3) is 11.2 Å². The minimum atomic E-state index is -0.754. The Morgan fingerprint density at radius 3 is 2.81 bits per heavy atom. The molecule has 4 atom stereocenters. The number of carbonyl (C=O) groups is 1. The topological polar surface area (TPSA) is 140 Å². The fourth-order valence-corrected chi connectivity index (χ4v) is 4.45. The van der Waals surface area contributed by atoms with Crippen LogP contribution in [0.1, 0.15) is 40.2 Å².